The fourth-order valence-corrected chi connectivity index (χ4v) is 2.53. The van der Waals surface area contributed by atoms with Gasteiger partial charge in [0.2, 0.25) is 0 Å². The molecule has 0 aromatic carbocycles. The van der Waals surface area contributed by atoms with E-state index in [4.69, 9.17) is 9.84 Å². The van der Waals surface area contributed by atoms with Crippen LogP contribution in [0.15, 0.2) is 5.03 Å². The Balaban J connectivity index is 2.79. The summed E-state index contributed by atoms with van der Waals surface area (Å²) in [7, 11) is 0. The molecular formula is C12H18N2O4S. The summed E-state index contributed by atoms with van der Waals surface area (Å²) in [5.74, 6) is -0.209. The Hall–Kier alpha value is -1.18. The molecule has 19 heavy (non-hydrogen) atoms. The SMILES string of the molecule is CCOCC(O)CSc1nc(C)nc(C)c1C(=O)O. The second-order valence-corrected chi connectivity index (χ2v) is 4.97. The summed E-state index contributed by atoms with van der Waals surface area (Å²) in [5, 5.41) is 19.2. The Bertz CT molecular complexity index is 454. The molecule has 2 N–H and O–H groups in total. The molecule has 7 heteroatoms. The highest BCUT2D eigenvalue weighted by Gasteiger charge is 2.18. The molecule has 6 nitrogen and oxygen atoms in total. The first-order valence-corrected chi connectivity index (χ1v) is 6.91. The van der Waals surface area contributed by atoms with E-state index >= 15 is 0 Å². The number of nitrogens with zero attached hydrogens (tertiary/aromatic N) is 2. The Morgan fingerprint density at radius 2 is 2.11 bits per heavy atom. The van der Waals surface area contributed by atoms with Gasteiger partial charge in [-0.1, -0.05) is 0 Å². The molecule has 0 amide bonds. The Morgan fingerprint density at radius 3 is 2.68 bits per heavy atom. The molecule has 0 bridgehead atoms. The van der Waals surface area contributed by atoms with E-state index < -0.39 is 12.1 Å². The molecule has 0 aliphatic carbocycles. The summed E-state index contributed by atoms with van der Waals surface area (Å²) in [4.78, 5) is 19.4. The topological polar surface area (TPSA) is 92.5 Å². The zero-order valence-electron chi connectivity index (χ0n) is 11.2. The monoisotopic (exact) mass is 286 g/mol. The van der Waals surface area contributed by atoms with Crippen LogP contribution in [0, 0.1) is 13.8 Å². The maximum atomic E-state index is 11.2. The first-order chi connectivity index (χ1) is 8.95. The maximum Gasteiger partial charge on any atom is 0.340 e. The van der Waals surface area contributed by atoms with Gasteiger partial charge in [-0.3, -0.25) is 0 Å². The first-order valence-electron chi connectivity index (χ1n) is 5.92. The van der Waals surface area contributed by atoms with Crippen LogP contribution in [0.4, 0.5) is 0 Å². The standard InChI is InChI=1S/C12H18N2O4S/c1-4-18-5-9(15)6-19-11-10(12(16)17)7(2)13-8(3)14-11/h9,15H,4-6H2,1-3H3,(H,16,17). The Morgan fingerprint density at radius 1 is 1.42 bits per heavy atom. The summed E-state index contributed by atoms with van der Waals surface area (Å²) < 4.78 is 5.10. The number of hydrogen-bond donors (Lipinski definition) is 2. The normalized spacial score (nSPS) is 12.4. The van der Waals surface area contributed by atoms with Crippen LogP contribution in [-0.4, -0.2) is 51.2 Å². The van der Waals surface area contributed by atoms with E-state index in [-0.39, 0.29) is 12.2 Å². The highest BCUT2D eigenvalue weighted by atomic mass is 32.2. The largest absolute Gasteiger partial charge is 0.478 e. The lowest BCUT2D eigenvalue weighted by Gasteiger charge is -2.12. The highest BCUT2D eigenvalue weighted by molar-refractivity contribution is 7.99. The van der Waals surface area contributed by atoms with Gasteiger partial charge in [-0.2, -0.15) is 0 Å². The minimum Gasteiger partial charge on any atom is -0.478 e. The lowest BCUT2D eigenvalue weighted by molar-refractivity contribution is 0.0551. The molecule has 0 saturated heterocycles. The van der Waals surface area contributed by atoms with Crippen LogP contribution in [0.3, 0.4) is 0 Å². The molecule has 0 fully saturated rings. The summed E-state index contributed by atoms with van der Waals surface area (Å²) in [5.41, 5.74) is 0.529. The van der Waals surface area contributed by atoms with Gasteiger partial charge in [0, 0.05) is 12.4 Å². The molecule has 0 aliphatic heterocycles. The van der Waals surface area contributed by atoms with Gasteiger partial charge in [-0.25, -0.2) is 14.8 Å². The van der Waals surface area contributed by atoms with Gasteiger partial charge in [0.15, 0.2) is 0 Å². The van der Waals surface area contributed by atoms with Crippen LogP contribution in [0.1, 0.15) is 28.8 Å². The maximum absolute atomic E-state index is 11.2. The molecule has 106 valence electrons. The zero-order valence-corrected chi connectivity index (χ0v) is 12.0. The van der Waals surface area contributed by atoms with Crippen molar-refractivity contribution in [1.29, 1.82) is 0 Å². The predicted octanol–water partition coefficient (Wildman–Crippen LogP) is 1.28. The number of aliphatic hydroxyl groups is 1. The van der Waals surface area contributed by atoms with Gasteiger partial charge in [-0.15, -0.1) is 11.8 Å². The number of hydrogen-bond acceptors (Lipinski definition) is 6. The Labute approximate surface area is 116 Å². The number of ether oxygens (including phenoxy) is 1. The predicted molar refractivity (Wildman–Crippen MR) is 71.7 cm³/mol. The molecule has 0 radical (unpaired) electrons. The third-order valence-electron chi connectivity index (χ3n) is 2.31. The molecule has 0 saturated carbocycles. The number of carbonyl (C=O) groups is 1. The van der Waals surface area contributed by atoms with Gasteiger partial charge < -0.3 is 14.9 Å². The van der Waals surface area contributed by atoms with Crippen LogP contribution in [0.25, 0.3) is 0 Å². The molecular weight excluding hydrogens is 268 g/mol. The minimum absolute atomic E-state index is 0.0965. The molecule has 1 rings (SSSR count). The van der Waals surface area contributed by atoms with E-state index in [1.807, 2.05) is 6.92 Å². The molecule has 1 aromatic heterocycles. The van der Waals surface area contributed by atoms with E-state index in [9.17, 15) is 9.90 Å². The van der Waals surface area contributed by atoms with E-state index in [0.717, 1.165) is 0 Å². The van der Waals surface area contributed by atoms with Gasteiger partial charge in [0.1, 0.15) is 16.4 Å². The van der Waals surface area contributed by atoms with Crippen LogP contribution in [0.2, 0.25) is 0 Å². The van der Waals surface area contributed by atoms with Crippen molar-refractivity contribution >= 4 is 17.7 Å². The fourth-order valence-electron chi connectivity index (χ4n) is 1.51. The molecule has 1 aromatic rings. The van der Waals surface area contributed by atoms with Crippen molar-refractivity contribution in [3.8, 4) is 0 Å². The van der Waals surface area contributed by atoms with Gasteiger partial charge >= 0.3 is 5.97 Å². The van der Waals surface area contributed by atoms with Crippen LogP contribution < -0.4 is 0 Å². The van der Waals surface area contributed by atoms with Crippen LogP contribution in [-0.2, 0) is 4.74 Å². The number of aromatic carboxylic acids is 1. The third kappa shape index (κ3) is 4.77. The average molecular weight is 286 g/mol. The lowest BCUT2D eigenvalue weighted by Crippen LogP contribution is -2.18. The summed E-state index contributed by atoms with van der Waals surface area (Å²) in [6.07, 6.45) is -0.651. The number of carboxylic acid groups (broad SMARTS) is 1. The molecule has 1 atom stereocenters. The second kappa shape index (κ2) is 7.42. The van der Waals surface area contributed by atoms with E-state index in [1.165, 1.54) is 11.8 Å². The number of thioether (sulfide) groups is 1. The smallest absolute Gasteiger partial charge is 0.340 e. The number of aromatic nitrogens is 2. The second-order valence-electron chi connectivity index (χ2n) is 3.97. The highest BCUT2D eigenvalue weighted by Crippen LogP contribution is 2.23. The van der Waals surface area contributed by atoms with Gasteiger partial charge in [0.05, 0.1) is 18.4 Å². The van der Waals surface area contributed by atoms with Crippen molar-refractivity contribution in [2.75, 3.05) is 19.0 Å². The third-order valence-corrected chi connectivity index (χ3v) is 3.43. The number of aryl methyl sites for hydroxylation is 2. The quantitative estimate of drug-likeness (QED) is 0.576. The molecule has 1 heterocycles. The van der Waals surface area contributed by atoms with Crippen molar-refractivity contribution in [3.63, 3.8) is 0 Å². The zero-order chi connectivity index (χ0) is 14.4. The number of carboxylic acids is 1. The van der Waals surface area contributed by atoms with Crippen molar-refractivity contribution in [3.05, 3.63) is 17.1 Å². The summed E-state index contributed by atoms with van der Waals surface area (Å²) in [6.45, 7) is 5.96. The van der Waals surface area contributed by atoms with Crippen molar-refractivity contribution < 1.29 is 19.7 Å². The minimum atomic E-state index is -1.06. The number of rotatable bonds is 7. The van der Waals surface area contributed by atoms with Crippen molar-refractivity contribution in [1.82, 2.24) is 9.97 Å². The summed E-state index contributed by atoms with van der Waals surface area (Å²) >= 11 is 1.20. The lowest BCUT2D eigenvalue weighted by atomic mass is 10.2. The van der Waals surface area contributed by atoms with Crippen molar-refractivity contribution in [2.24, 2.45) is 0 Å². The molecule has 1 unspecified atom stereocenters. The summed E-state index contributed by atoms with van der Waals surface area (Å²) in [6, 6.07) is 0. The Kier molecular flexibility index (Phi) is 6.20. The van der Waals surface area contributed by atoms with Crippen LogP contribution in [0.5, 0.6) is 0 Å². The average Bonchev–Trinajstić information content (AvgIpc) is 2.32. The molecule has 0 spiro atoms. The fraction of sp³-hybridized carbons (Fsp3) is 0.583. The van der Waals surface area contributed by atoms with Crippen LogP contribution >= 0.6 is 11.8 Å². The van der Waals surface area contributed by atoms with E-state index in [1.54, 1.807) is 13.8 Å². The van der Waals surface area contributed by atoms with E-state index in [0.29, 0.717) is 28.9 Å². The molecule has 0 aliphatic rings. The van der Waals surface area contributed by atoms with Gasteiger partial charge in [0.25, 0.3) is 0 Å². The van der Waals surface area contributed by atoms with Gasteiger partial charge in [-0.05, 0) is 20.8 Å². The van der Waals surface area contributed by atoms with Crippen molar-refractivity contribution in [2.45, 2.75) is 31.9 Å². The number of aliphatic hydroxyl groups excluding tert-OH is 1. The first kappa shape index (κ1) is 15.9. The van der Waals surface area contributed by atoms with E-state index in [2.05, 4.69) is 9.97 Å².